The second-order valence-corrected chi connectivity index (χ2v) is 12.0. The number of fused-ring (bicyclic) bond motifs is 1. The van der Waals surface area contributed by atoms with Gasteiger partial charge in [0.25, 0.3) is 5.91 Å². The van der Waals surface area contributed by atoms with Crippen LogP contribution in [0.3, 0.4) is 0 Å². The lowest BCUT2D eigenvalue weighted by Crippen LogP contribution is -2.35. The normalized spacial score (nSPS) is 16.5. The molecule has 1 unspecified atom stereocenters. The van der Waals surface area contributed by atoms with Crippen molar-refractivity contribution in [2.24, 2.45) is 0 Å². The molecule has 3 aromatic heterocycles. The largest absolute Gasteiger partial charge is 0.367 e. The van der Waals surface area contributed by atoms with Crippen LogP contribution in [-0.2, 0) is 0 Å². The van der Waals surface area contributed by atoms with Crippen molar-refractivity contribution in [3.05, 3.63) is 60.0 Å². The summed E-state index contributed by atoms with van der Waals surface area (Å²) in [6.45, 7) is 4.21. The molecular formula is C34H42FN7O. The van der Waals surface area contributed by atoms with Gasteiger partial charge in [-0.25, -0.2) is 18.9 Å². The summed E-state index contributed by atoms with van der Waals surface area (Å²) in [5.74, 6) is 0.837. The van der Waals surface area contributed by atoms with Crippen molar-refractivity contribution in [2.75, 3.05) is 10.6 Å². The Kier molecular flexibility index (Phi) is 8.86. The van der Waals surface area contributed by atoms with Crippen LogP contribution in [0.1, 0.15) is 95.0 Å². The zero-order chi connectivity index (χ0) is 29.8. The van der Waals surface area contributed by atoms with Gasteiger partial charge in [-0.15, -0.1) is 0 Å². The molecule has 8 nitrogen and oxygen atoms in total. The second kappa shape index (κ2) is 13.1. The molecule has 3 N–H and O–H groups in total. The average molecular weight is 584 g/mol. The Morgan fingerprint density at radius 3 is 2.33 bits per heavy atom. The summed E-state index contributed by atoms with van der Waals surface area (Å²) in [5, 5.41) is 15.5. The summed E-state index contributed by atoms with van der Waals surface area (Å²) in [5.41, 5.74) is 4.02. The van der Waals surface area contributed by atoms with Crippen LogP contribution in [-0.4, -0.2) is 43.6 Å². The number of amides is 1. The molecule has 2 saturated carbocycles. The minimum atomic E-state index is -0.306. The van der Waals surface area contributed by atoms with Gasteiger partial charge in [0, 0.05) is 23.7 Å². The highest BCUT2D eigenvalue weighted by molar-refractivity contribution is 5.97. The van der Waals surface area contributed by atoms with Crippen LogP contribution < -0.4 is 16.0 Å². The van der Waals surface area contributed by atoms with Crippen LogP contribution in [0.15, 0.2) is 48.5 Å². The molecule has 2 fully saturated rings. The quantitative estimate of drug-likeness (QED) is 0.168. The van der Waals surface area contributed by atoms with Crippen molar-refractivity contribution < 1.29 is 9.18 Å². The number of pyridine rings is 1. The molecule has 43 heavy (non-hydrogen) atoms. The van der Waals surface area contributed by atoms with Crippen LogP contribution in [0.2, 0.25) is 0 Å². The first-order valence-electron chi connectivity index (χ1n) is 16.0. The van der Waals surface area contributed by atoms with Gasteiger partial charge in [0.2, 0.25) is 5.95 Å². The van der Waals surface area contributed by atoms with E-state index in [9.17, 15) is 9.18 Å². The third-order valence-electron chi connectivity index (χ3n) is 8.85. The monoisotopic (exact) mass is 583 g/mol. The van der Waals surface area contributed by atoms with E-state index in [-0.39, 0.29) is 23.8 Å². The summed E-state index contributed by atoms with van der Waals surface area (Å²) in [7, 11) is 0. The maximum Gasteiger partial charge on any atom is 0.270 e. The zero-order valence-corrected chi connectivity index (χ0v) is 25.2. The molecule has 3 heterocycles. The van der Waals surface area contributed by atoms with Crippen LogP contribution in [0, 0.1) is 5.82 Å². The molecule has 1 atom stereocenters. The third-order valence-corrected chi connectivity index (χ3v) is 8.85. The molecule has 2 aliphatic carbocycles. The summed E-state index contributed by atoms with van der Waals surface area (Å²) in [6.07, 6.45) is 11.9. The topological polar surface area (TPSA) is 96.2 Å². The molecule has 9 heteroatoms. The number of hydrogen-bond acceptors (Lipinski definition) is 6. The lowest BCUT2D eigenvalue weighted by Gasteiger charge is -2.18. The number of aromatic nitrogens is 4. The van der Waals surface area contributed by atoms with Crippen LogP contribution in [0.5, 0.6) is 0 Å². The van der Waals surface area contributed by atoms with Gasteiger partial charge in [-0.05, 0) is 81.0 Å². The minimum absolute atomic E-state index is 0.0816. The van der Waals surface area contributed by atoms with E-state index in [1.165, 1.54) is 37.8 Å². The fraction of sp³-hybridized carbons (Fsp3) is 0.471. The van der Waals surface area contributed by atoms with E-state index in [0.29, 0.717) is 29.1 Å². The second-order valence-electron chi connectivity index (χ2n) is 12.0. The van der Waals surface area contributed by atoms with E-state index in [4.69, 9.17) is 15.1 Å². The van der Waals surface area contributed by atoms with E-state index in [1.54, 1.807) is 18.2 Å². The van der Waals surface area contributed by atoms with E-state index < -0.39 is 0 Å². The Balaban J connectivity index is 1.49. The molecular weight excluding hydrogens is 541 g/mol. The molecule has 1 aromatic carbocycles. The predicted molar refractivity (Wildman–Crippen MR) is 170 cm³/mol. The first kappa shape index (κ1) is 29.1. The summed E-state index contributed by atoms with van der Waals surface area (Å²) < 4.78 is 15.9. The number of halogens is 1. The van der Waals surface area contributed by atoms with E-state index >= 15 is 0 Å². The number of nitrogens with zero attached hydrogens (tertiary/aromatic N) is 4. The Hall–Kier alpha value is -4.01. The van der Waals surface area contributed by atoms with Gasteiger partial charge in [-0.1, -0.05) is 52.0 Å². The summed E-state index contributed by atoms with van der Waals surface area (Å²) in [6, 6.07) is 15.0. The van der Waals surface area contributed by atoms with Crippen molar-refractivity contribution in [2.45, 2.75) is 103 Å². The minimum Gasteiger partial charge on any atom is -0.367 e. The SMILES string of the molecule is CCCC(CC)NC(=O)c1cc(-c2c(-c3ccc(F)cc3)nn3c(NC4CCCC4)cccc23)nc(NC2CCCC2)n1. The molecule has 0 radical (unpaired) electrons. The lowest BCUT2D eigenvalue weighted by molar-refractivity contribution is 0.0928. The first-order chi connectivity index (χ1) is 21.0. The van der Waals surface area contributed by atoms with Gasteiger partial charge in [-0.3, -0.25) is 4.79 Å². The summed E-state index contributed by atoms with van der Waals surface area (Å²) >= 11 is 0. The molecule has 0 saturated heterocycles. The Labute approximate surface area is 252 Å². The van der Waals surface area contributed by atoms with Gasteiger partial charge in [-0.2, -0.15) is 5.10 Å². The molecule has 0 aliphatic heterocycles. The highest BCUT2D eigenvalue weighted by atomic mass is 19.1. The van der Waals surface area contributed by atoms with Gasteiger partial charge < -0.3 is 16.0 Å². The van der Waals surface area contributed by atoms with E-state index in [2.05, 4.69) is 29.8 Å². The number of anilines is 2. The predicted octanol–water partition coefficient (Wildman–Crippen LogP) is 7.61. The standard InChI is InChI=1S/C34H42FN7O/c1-3-10-24(4-2)37-33(43)28-21-27(39-34(40-28)38-26-13-7-8-14-26)31-29-15-9-16-30(36-25-11-5-6-12-25)42(29)41-32(31)22-17-19-23(35)20-18-22/h9,15-21,24-26,36H,3-8,10-14H2,1-2H3,(H,37,43)(H,38,39,40). The molecule has 0 bridgehead atoms. The number of nitrogens with one attached hydrogen (secondary N) is 3. The molecule has 1 amide bonds. The molecule has 2 aliphatic rings. The lowest BCUT2D eigenvalue weighted by atomic mass is 10.0. The third kappa shape index (κ3) is 6.50. The Morgan fingerprint density at radius 2 is 1.65 bits per heavy atom. The van der Waals surface area contributed by atoms with Crippen LogP contribution in [0.25, 0.3) is 28.0 Å². The number of carbonyl (C=O) groups excluding carboxylic acids is 1. The molecule has 6 rings (SSSR count). The van der Waals surface area contributed by atoms with Crippen molar-refractivity contribution in [1.29, 1.82) is 0 Å². The molecule has 4 aromatic rings. The maximum absolute atomic E-state index is 14.0. The van der Waals surface area contributed by atoms with Gasteiger partial charge >= 0.3 is 0 Å². The zero-order valence-electron chi connectivity index (χ0n) is 25.2. The summed E-state index contributed by atoms with van der Waals surface area (Å²) in [4.78, 5) is 23.3. The molecule has 0 spiro atoms. The smallest absolute Gasteiger partial charge is 0.270 e. The highest BCUT2D eigenvalue weighted by Crippen LogP contribution is 2.37. The average Bonchev–Trinajstić information content (AvgIpc) is 3.79. The van der Waals surface area contributed by atoms with Crippen LogP contribution >= 0.6 is 0 Å². The Morgan fingerprint density at radius 1 is 0.953 bits per heavy atom. The van der Waals surface area contributed by atoms with Gasteiger partial charge in [0.1, 0.15) is 23.0 Å². The van der Waals surface area contributed by atoms with E-state index in [1.807, 2.05) is 22.7 Å². The Bertz CT molecular complexity index is 1560. The number of rotatable bonds is 11. The maximum atomic E-state index is 14.0. The first-order valence-corrected chi connectivity index (χ1v) is 16.0. The fourth-order valence-electron chi connectivity index (χ4n) is 6.52. The van der Waals surface area contributed by atoms with Gasteiger partial charge in [0.15, 0.2) is 0 Å². The van der Waals surface area contributed by atoms with Crippen molar-refractivity contribution in [3.63, 3.8) is 0 Å². The van der Waals surface area contributed by atoms with Crippen LogP contribution in [0.4, 0.5) is 16.2 Å². The number of hydrogen-bond donors (Lipinski definition) is 3. The van der Waals surface area contributed by atoms with Gasteiger partial charge in [0.05, 0.1) is 16.8 Å². The number of benzene rings is 1. The molecule has 226 valence electrons. The highest BCUT2D eigenvalue weighted by Gasteiger charge is 2.25. The van der Waals surface area contributed by atoms with Crippen molar-refractivity contribution in [3.8, 4) is 22.5 Å². The van der Waals surface area contributed by atoms with E-state index in [0.717, 1.165) is 67.4 Å². The van der Waals surface area contributed by atoms with Crippen molar-refractivity contribution in [1.82, 2.24) is 24.9 Å². The van der Waals surface area contributed by atoms with Crippen molar-refractivity contribution >= 4 is 23.2 Å². The number of carbonyl (C=O) groups is 1. The fourth-order valence-corrected chi connectivity index (χ4v) is 6.52.